The van der Waals surface area contributed by atoms with Crippen LogP contribution in [0.1, 0.15) is 17.2 Å². The lowest BCUT2D eigenvalue weighted by atomic mass is 10.2. The van der Waals surface area contributed by atoms with Gasteiger partial charge in [0.05, 0.1) is 6.54 Å². The molecule has 6 nitrogen and oxygen atoms in total. The second-order valence-electron chi connectivity index (χ2n) is 5.11. The molecule has 1 aromatic heterocycles. The summed E-state index contributed by atoms with van der Waals surface area (Å²) in [5.41, 5.74) is 0.889. The first-order valence-electron chi connectivity index (χ1n) is 7.02. The zero-order valence-corrected chi connectivity index (χ0v) is 13.3. The summed E-state index contributed by atoms with van der Waals surface area (Å²) in [6.45, 7) is 2.99. The predicted molar refractivity (Wildman–Crippen MR) is 83.8 cm³/mol. The maximum Gasteiger partial charge on any atom is 0.194 e. The van der Waals surface area contributed by atoms with Gasteiger partial charge in [-0.2, -0.15) is 0 Å². The number of aryl methyl sites for hydroxylation is 1. The Bertz CT molecular complexity index is 664. The van der Waals surface area contributed by atoms with Crippen molar-refractivity contribution in [2.24, 2.45) is 12.0 Å². The van der Waals surface area contributed by atoms with Crippen molar-refractivity contribution >= 4 is 5.96 Å². The molecule has 0 aliphatic heterocycles. The van der Waals surface area contributed by atoms with E-state index < -0.39 is 0 Å². The molecule has 0 aliphatic carbocycles. The van der Waals surface area contributed by atoms with Crippen LogP contribution >= 0.6 is 0 Å². The number of guanidine groups is 1. The fraction of sp³-hybridized carbons (Fsp3) is 0.400. The predicted octanol–water partition coefficient (Wildman–Crippen LogP) is 1.47. The molecule has 1 N–H and O–H groups in total. The van der Waals surface area contributed by atoms with Crippen molar-refractivity contribution in [1.29, 1.82) is 0 Å². The first-order chi connectivity index (χ1) is 10.5. The molecule has 1 aromatic carbocycles. The Hall–Kier alpha value is -2.44. The minimum atomic E-state index is -0.233. The minimum Gasteiger partial charge on any atom is -0.349 e. The van der Waals surface area contributed by atoms with Gasteiger partial charge in [-0.05, 0) is 24.6 Å². The number of aliphatic imine (C=N–C) groups is 1. The lowest BCUT2D eigenvalue weighted by molar-refractivity contribution is 0.472. The maximum absolute atomic E-state index is 13.2. The largest absolute Gasteiger partial charge is 0.349 e. The third kappa shape index (κ3) is 3.81. The normalized spacial score (nSPS) is 11.6. The smallest absolute Gasteiger partial charge is 0.194 e. The Labute approximate surface area is 129 Å². The van der Waals surface area contributed by atoms with Crippen molar-refractivity contribution in [3.8, 4) is 0 Å². The summed E-state index contributed by atoms with van der Waals surface area (Å²) in [4.78, 5) is 6.17. The summed E-state index contributed by atoms with van der Waals surface area (Å²) >= 11 is 0. The Morgan fingerprint density at radius 2 is 2.18 bits per heavy atom. The van der Waals surface area contributed by atoms with E-state index >= 15 is 0 Å². The van der Waals surface area contributed by atoms with Crippen molar-refractivity contribution in [1.82, 2.24) is 25.0 Å². The van der Waals surface area contributed by atoms with E-state index in [9.17, 15) is 4.39 Å². The summed E-state index contributed by atoms with van der Waals surface area (Å²) in [6, 6.07) is 6.55. The van der Waals surface area contributed by atoms with Crippen LogP contribution < -0.4 is 5.32 Å². The molecule has 0 fully saturated rings. The Morgan fingerprint density at radius 1 is 1.41 bits per heavy atom. The van der Waals surface area contributed by atoms with Crippen LogP contribution in [0.2, 0.25) is 0 Å². The molecular weight excluding hydrogens is 283 g/mol. The molecule has 7 heteroatoms. The number of halogens is 1. The van der Waals surface area contributed by atoms with Gasteiger partial charge in [0, 0.05) is 27.7 Å². The van der Waals surface area contributed by atoms with Crippen LogP contribution in [0.5, 0.6) is 0 Å². The monoisotopic (exact) mass is 304 g/mol. The average Bonchev–Trinajstić information content (AvgIpc) is 2.80. The van der Waals surface area contributed by atoms with Crippen LogP contribution in [0.25, 0.3) is 0 Å². The van der Waals surface area contributed by atoms with Gasteiger partial charge in [-0.15, -0.1) is 10.2 Å². The maximum atomic E-state index is 13.2. The molecule has 0 aliphatic rings. The van der Waals surface area contributed by atoms with E-state index in [1.807, 2.05) is 36.6 Å². The average molecular weight is 304 g/mol. The van der Waals surface area contributed by atoms with E-state index in [1.165, 1.54) is 12.1 Å². The molecule has 0 bridgehead atoms. The molecule has 118 valence electrons. The van der Waals surface area contributed by atoms with Crippen LogP contribution in [-0.4, -0.2) is 39.7 Å². The standard InChI is InChI=1S/C15H21FN6/c1-11-19-20-14(22(11)4)9-18-15(17-2)21(3)10-12-6-5-7-13(16)8-12/h5-8H,9-10H2,1-4H3,(H,17,18). The molecule has 0 atom stereocenters. The number of aromatic nitrogens is 3. The fourth-order valence-corrected chi connectivity index (χ4v) is 2.13. The summed E-state index contributed by atoms with van der Waals surface area (Å²) < 4.78 is 15.2. The molecule has 2 rings (SSSR count). The molecule has 0 saturated carbocycles. The molecule has 0 spiro atoms. The number of nitrogens with one attached hydrogen (secondary N) is 1. The van der Waals surface area contributed by atoms with Crippen molar-refractivity contribution in [2.45, 2.75) is 20.0 Å². The summed E-state index contributed by atoms with van der Waals surface area (Å²) in [5, 5.41) is 11.4. The highest BCUT2D eigenvalue weighted by Crippen LogP contribution is 2.06. The van der Waals surface area contributed by atoms with Gasteiger partial charge < -0.3 is 14.8 Å². The fourth-order valence-electron chi connectivity index (χ4n) is 2.13. The second-order valence-corrected chi connectivity index (χ2v) is 5.11. The molecule has 2 aromatic rings. The molecule has 0 radical (unpaired) electrons. The van der Waals surface area contributed by atoms with Crippen molar-refractivity contribution in [3.05, 3.63) is 47.3 Å². The third-order valence-electron chi connectivity index (χ3n) is 3.47. The van der Waals surface area contributed by atoms with E-state index in [0.29, 0.717) is 19.0 Å². The lowest BCUT2D eigenvalue weighted by Crippen LogP contribution is -2.38. The minimum absolute atomic E-state index is 0.233. The molecular formula is C15H21FN6. The zero-order valence-electron chi connectivity index (χ0n) is 13.3. The van der Waals surface area contributed by atoms with Gasteiger partial charge in [0.15, 0.2) is 11.8 Å². The number of rotatable bonds is 4. The van der Waals surface area contributed by atoms with Crippen LogP contribution in [0, 0.1) is 12.7 Å². The van der Waals surface area contributed by atoms with Crippen molar-refractivity contribution < 1.29 is 4.39 Å². The Balaban J connectivity index is 1.97. The van der Waals surface area contributed by atoms with Crippen LogP contribution in [0.3, 0.4) is 0 Å². The van der Waals surface area contributed by atoms with E-state index in [0.717, 1.165) is 17.2 Å². The number of hydrogen-bond donors (Lipinski definition) is 1. The third-order valence-corrected chi connectivity index (χ3v) is 3.47. The van der Waals surface area contributed by atoms with Gasteiger partial charge in [-0.3, -0.25) is 4.99 Å². The van der Waals surface area contributed by atoms with Gasteiger partial charge in [-0.25, -0.2) is 4.39 Å². The van der Waals surface area contributed by atoms with Crippen LogP contribution in [0.4, 0.5) is 4.39 Å². The Kier molecular flexibility index (Phi) is 5.08. The summed E-state index contributed by atoms with van der Waals surface area (Å²) in [7, 11) is 5.54. The van der Waals surface area contributed by atoms with Gasteiger partial charge in [0.25, 0.3) is 0 Å². The lowest BCUT2D eigenvalue weighted by Gasteiger charge is -2.22. The van der Waals surface area contributed by atoms with Gasteiger partial charge in [0.2, 0.25) is 0 Å². The first-order valence-corrected chi connectivity index (χ1v) is 7.02. The molecule has 1 heterocycles. The molecule has 22 heavy (non-hydrogen) atoms. The Morgan fingerprint density at radius 3 is 2.77 bits per heavy atom. The van der Waals surface area contributed by atoms with Crippen molar-refractivity contribution in [3.63, 3.8) is 0 Å². The summed E-state index contributed by atoms with van der Waals surface area (Å²) in [6.07, 6.45) is 0. The SMILES string of the molecule is CN=C(NCc1nnc(C)n1C)N(C)Cc1cccc(F)c1. The van der Waals surface area contributed by atoms with E-state index in [1.54, 1.807) is 13.1 Å². The summed E-state index contributed by atoms with van der Waals surface area (Å²) in [5.74, 6) is 2.17. The quantitative estimate of drug-likeness (QED) is 0.686. The van der Waals surface area contributed by atoms with Crippen molar-refractivity contribution in [2.75, 3.05) is 14.1 Å². The van der Waals surface area contributed by atoms with Crippen LogP contribution in [-0.2, 0) is 20.1 Å². The van der Waals surface area contributed by atoms with Gasteiger partial charge in [-0.1, -0.05) is 12.1 Å². The molecule has 0 unspecified atom stereocenters. The first kappa shape index (κ1) is 15.9. The van der Waals surface area contributed by atoms with E-state index in [2.05, 4.69) is 20.5 Å². The van der Waals surface area contributed by atoms with E-state index in [4.69, 9.17) is 0 Å². The van der Waals surface area contributed by atoms with E-state index in [-0.39, 0.29) is 5.82 Å². The highest BCUT2D eigenvalue weighted by Gasteiger charge is 2.10. The van der Waals surface area contributed by atoms with Gasteiger partial charge >= 0.3 is 0 Å². The van der Waals surface area contributed by atoms with Crippen LogP contribution in [0.15, 0.2) is 29.3 Å². The molecule has 0 saturated heterocycles. The highest BCUT2D eigenvalue weighted by atomic mass is 19.1. The number of nitrogens with zero attached hydrogens (tertiary/aromatic N) is 5. The number of benzene rings is 1. The number of hydrogen-bond acceptors (Lipinski definition) is 3. The zero-order chi connectivity index (χ0) is 16.1. The highest BCUT2D eigenvalue weighted by molar-refractivity contribution is 5.79. The van der Waals surface area contributed by atoms with Gasteiger partial charge in [0.1, 0.15) is 11.6 Å². The second kappa shape index (κ2) is 7.02. The molecule has 0 amide bonds. The topological polar surface area (TPSA) is 58.3 Å².